The number of likely N-dealkylation sites (tertiary alicyclic amines) is 1. The second kappa shape index (κ2) is 27.7. The predicted octanol–water partition coefficient (Wildman–Crippen LogP) is 10.4. The number of rotatable bonds is 11. The minimum absolute atomic E-state index is 0. The van der Waals surface area contributed by atoms with Gasteiger partial charge in [-0.05, 0) is 72.4 Å². The van der Waals surface area contributed by atoms with Crippen molar-refractivity contribution in [1.82, 2.24) is 9.88 Å². The Bertz CT molecular complexity index is 1230. The Morgan fingerprint density at radius 3 is 1.53 bits per heavy atom. The first kappa shape index (κ1) is 57.0. The van der Waals surface area contributed by atoms with E-state index >= 15 is 0 Å². The summed E-state index contributed by atoms with van der Waals surface area (Å²) in [7, 11) is 2.02. The zero-order valence-corrected chi connectivity index (χ0v) is 37.4. The number of carbonyl (C=O) groups excluding carboxylic acids is 4. The molecule has 3 heterocycles. The van der Waals surface area contributed by atoms with Crippen LogP contribution in [-0.2, 0) is 49.5 Å². The molecule has 0 bridgehead atoms. The van der Waals surface area contributed by atoms with Crippen LogP contribution in [0.25, 0.3) is 0 Å². The van der Waals surface area contributed by atoms with Crippen LogP contribution in [-0.4, -0.2) is 85.9 Å². The Kier molecular flexibility index (Phi) is 27.2. The first-order valence-electron chi connectivity index (χ1n) is 20.6. The lowest BCUT2D eigenvalue weighted by molar-refractivity contribution is -0.158. The Balaban J connectivity index is 0. The van der Waals surface area contributed by atoms with Crippen LogP contribution in [0.4, 0.5) is 0 Å². The first-order valence-corrected chi connectivity index (χ1v) is 20.6. The monoisotopic (exact) mass is 823 g/mol. The van der Waals surface area contributed by atoms with Gasteiger partial charge in [-0.25, -0.2) is 0 Å². The van der Waals surface area contributed by atoms with Gasteiger partial charge in [-0.2, -0.15) is 0 Å². The van der Waals surface area contributed by atoms with Gasteiger partial charge < -0.3 is 23.7 Å². The van der Waals surface area contributed by atoms with Crippen LogP contribution in [0.3, 0.4) is 0 Å². The highest BCUT2D eigenvalue weighted by molar-refractivity contribution is 5.71. The van der Waals surface area contributed by atoms with Gasteiger partial charge in [0.2, 0.25) is 0 Å². The van der Waals surface area contributed by atoms with Gasteiger partial charge in [0.05, 0.1) is 44.1 Å². The molecule has 2 saturated heterocycles. The fraction of sp³-hybridized carbons (Fsp3) is 0.809. The maximum Gasteiger partial charge on any atom is 0.306 e. The molecule has 11 nitrogen and oxygen atoms in total. The largest absolute Gasteiger partial charge is 0.465 e. The topological polar surface area (TPSA) is 131 Å². The Hall–Kier alpha value is -3.05. The van der Waals surface area contributed by atoms with Crippen LogP contribution in [0, 0.1) is 27.6 Å². The van der Waals surface area contributed by atoms with Crippen molar-refractivity contribution < 1.29 is 42.9 Å². The molecule has 1 saturated carbocycles. The van der Waals surface area contributed by atoms with Gasteiger partial charge in [-0.1, -0.05) is 117 Å². The molecular weight excluding hydrogens is 737 g/mol. The van der Waals surface area contributed by atoms with Gasteiger partial charge in [0.1, 0.15) is 19.3 Å². The smallest absolute Gasteiger partial charge is 0.306 e. The van der Waals surface area contributed by atoms with E-state index in [2.05, 4.69) is 30.7 Å². The average Bonchev–Trinajstić information content (AvgIpc) is 3.74. The second-order valence-electron chi connectivity index (χ2n) is 20.4. The third kappa shape index (κ3) is 32.9. The number of likely N-dealkylation sites (N-methyl/N-ethyl adjacent to an activating group) is 1. The van der Waals surface area contributed by atoms with Crippen molar-refractivity contribution in [2.24, 2.45) is 27.6 Å². The average molecular weight is 823 g/mol. The number of ether oxygens (including phenoxy) is 5. The second-order valence-corrected chi connectivity index (χ2v) is 20.4. The molecule has 3 aliphatic rings. The van der Waals surface area contributed by atoms with Crippen molar-refractivity contribution in [2.75, 3.05) is 40.0 Å². The lowest BCUT2D eigenvalue weighted by atomic mass is 9.92. The molecule has 58 heavy (non-hydrogen) atoms. The Morgan fingerprint density at radius 2 is 1.12 bits per heavy atom. The van der Waals surface area contributed by atoms with Crippen LogP contribution in [0.1, 0.15) is 168 Å². The summed E-state index contributed by atoms with van der Waals surface area (Å²) in [4.78, 5) is 51.6. The summed E-state index contributed by atoms with van der Waals surface area (Å²) >= 11 is 0. The molecule has 0 spiro atoms. The first-order chi connectivity index (χ1) is 25.8. The minimum atomic E-state index is -0.173. The van der Waals surface area contributed by atoms with E-state index in [1.54, 1.807) is 6.20 Å². The van der Waals surface area contributed by atoms with Crippen molar-refractivity contribution in [3.63, 3.8) is 0 Å². The van der Waals surface area contributed by atoms with Gasteiger partial charge in [0, 0.05) is 25.9 Å². The minimum Gasteiger partial charge on any atom is -0.465 e. The summed E-state index contributed by atoms with van der Waals surface area (Å²) in [5.41, 5.74) is 0.841. The van der Waals surface area contributed by atoms with E-state index < -0.39 is 0 Å². The summed E-state index contributed by atoms with van der Waals surface area (Å²) in [5, 5.41) is 0. The van der Waals surface area contributed by atoms with E-state index in [-0.39, 0.29) is 79.2 Å². The number of nitrogens with zero attached hydrogens (tertiary/aromatic N) is 2. The maximum atomic E-state index is 11.4. The summed E-state index contributed by atoms with van der Waals surface area (Å²) in [6.07, 6.45) is 11.1. The van der Waals surface area contributed by atoms with Crippen molar-refractivity contribution in [2.45, 2.75) is 181 Å². The van der Waals surface area contributed by atoms with E-state index in [1.807, 2.05) is 87.6 Å². The standard InChI is InChI=1S/C12H17NO2.C12H22O2.C11H20O3.C10H19NO2.2CH4/c1-12(2,3)8-11(14)15-9-10-6-4-5-7-13-10;1-12(2,3)8-11(13)14-9-10-6-4-5-7-10;1-11(2,3)7-10(12)14-8-9-5-4-6-13-9;1-10(2,3)5-9(12)13-8-6-11(4)7-8;;/h4-7H,8-9H2,1-3H3;10H,4-9H2,1-3H3;9H,4-8H2,1-3H3;8H,5-7H2,1-4H3;2*1H4. The lowest BCUT2D eigenvalue weighted by Gasteiger charge is -2.35. The summed E-state index contributed by atoms with van der Waals surface area (Å²) in [6.45, 7) is 28.3. The molecule has 338 valence electrons. The number of carbonyl (C=O) groups is 4. The molecule has 1 aliphatic carbocycles. The molecule has 2 aliphatic heterocycles. The number of esters is 4. The highest BCUT2D eigenvalue weighted by atomic mass is 16.6. The number of pyridine rings is 1. The molecule has 1 unspecified atom stereocenters. The van der Waals surface area contributed by atoms with E-state index in [1.165, 1.54) is 25.7 Å². The van der Waals surface area contributed by atoms with Crippen LogP contribution >= 0.6 is 0 Å². The maximum absolute atomic E-state index is 11.4. The summed E-state index contributed by atoms with van der Waals surface area (Å²) in [5.74, 6) is 0.245. The van der Waals surface area contributed by atoms with Gasteiger partial charge in [-0.15, -0.1) is 0 Å². The predicted molar refractivity (Wildman–Crippen MR) is 234 cm³/mol. The van der Waals surface area contributed by atoms with Gasteiger partial charge in [0.25, 0.3) is 0 Å². The lowest BCUT2D eigenvalue weighted by Crippen LogP contribution is -2.50. The summed E-state index contributed by atoms with van der Waals surface area (Å²) in [6, 6.07) is 5.55. The summed E-state index contributed by atoms with van der Waals surface area (Å²) < 4.78 is 26.1. The fourth-order valence-electron chi connectivity index (χ4n) is 5.82. The van der Waals surface area contributed by atoms with Crippen LogP contribution in [0.2, 0.25) is 0 Å². The highest BCUT2D eigenvalue weighted by Crippen LogP contribution is 2.26. The zero-order chi connectivity index (χ0) is 42.6. The van der Waals surface area contributed by atoms with Crippen molar-refractivity contribution >= 4 is 23.9 Å². The van der Waals surface area contributed by atoms with Gasteiger partial charge in [-0.3, -0.25) is 29.1 Å². The quantitative estimate of drug-likeness (QED) is 0.156. The molecule has 0 amide bonds. The molecule has 1 atom stereocenters. The van der Waals surface area contributed by atoms with Gasteiger partial charge in [0.15, 0.2) is 0 Å². The van der Waals surface area contributed by atoms with Crippen molar-refractivity contribution in [1.29, 1.82) is 0 Å². The van der Waals surface area contributed by atoms with E-state index in [0.717, 1.165) is 38.2 Å². The van der Waals surface area contributed by atoms with Crippen LogP contribution in [0.15, 0.2) is 24.4 Å². The number of aromatic nitrogens is 1. The number of hydrogen-bond donors (Lipinski definition) is 0. The highest BCUT2D eigenvalue weighted by Gasteiger charge is 2.28. The molecule has 4 rings (SSSR count). The van der Waals surface area contributed by atoms with Crippen molar-refractivity contribution in [3.8, 4) is 0 Å². The molecular formula is C47H86N2O9. The molecule has 0 aromatic carbocycles. The SMILES string of the molecule is C.C.CC(C)(C)CC(=O)OCC1CCCC1.CC(C)(C)CC(=O)OCC1CCCO1.CC(C)(C)CC(=O)OCc1ccccn1.CN1CC(OC(=O)CC(C)(C)C)C1. The number of hydrogen-bond acceptors (Lipinski definition) is 11. The van der Waals surface area contributed by atoms with E-state index in [4.69, 9.17) is 23.7 Å². The fourth-order valence-corrected chi connectivity index (χ4v) is 5.82. The van der Waals surface area contributed by atoms with E-state index in [9.17, 15) is 19.2 Å². The Labute approximate surface area is 354 Å². The normalized spacial score (nSPS) is 17.2. The molecule has 1 aromatic rings. The molecule has 11 heteroatoms. The zero-order valence-electron chi connectivity index (χ0n) is 37.4. The molecule has 0 N–H and O–H groups in total. The van der Waals surface area contributed by atoms with E-state index in [0.29, 0.717) is 44.8 Å². The molecule has 1 aromatic heterocycles. The van der Waals surface area contributed by atoms with Crippen LogP contribution < -0.4 is 0 Å². The third-order valence-corrected chi connectivity index (χ3v) is 8.54. The van der Waals surface area contributed by atoms with Crippen molar-refractivity contribution in [3.05, 3.63) is 30.1 Å². The Morgan fingerprint density at radius 1 is 0.655 bits per heavy atom. The molecule has 0 radical (unpaired) electrons. The van der Waals surface area contributed by atoms with Gasteiger partial charge >= 0.3 is 23.9 Å². The molecule has 3 fully saturated rings. The third-order valence-electron chi connectivity index (χ3n) is 8.54. The van der Waals surface area contributed by atoms with Crippen LogP contribution in [0.5, 0.6) is 0 Å².